The number of nitrogens with zero attached hydrogens (tertiary/aromatic N) is 1. The van der Waals surface area contributed by atoms with Gasteiger partial charge in [0, 0.05) is 17.6 Å². The van der Waals surface area contributed by atoms with Gasteiger partial charge in [0.15, 0.2) is 0 Å². The molecule has 0 radical (unpaired) electrons. The first-order chi connectivity index (χ1) is 6.69. The Kier molecular flexibility index (Phi) is 3.55. The molecule has 0 spiro atoms. The monoisotopic (exact) mass is 209 g/mol. The van der Waals surface area contributed by atoms with E-state index in [-0.39, 0.29) is 0 Å². The smallest absolute Gasteiger partial charge is 0.345 e. The standard InChI is InChI=1S/C10H11NO2S/c1-3-5-11(4-2)8-6-9(10(12)13)14-7-8/h1,6-7H,4-5H2,2H3,(H,12,13). The van der Waals surface area contributed by atoms with Gasteiger partial charge in [-0.3, -0.25) is 0 Å². The van der Waals surface area contributed by atoms with Crippen molar-refractivity contribution in [1.82, 2.24) is 0 Å². The van der Waals surface area contributed by atoms with Crippen molar-refractivity contribution in [3.63, 3.8) is 0 Å². The number of carboxylic acid groups (broad SMARTS) is 1. The molecule has 0 aliphatic heterocycles. The summed E-state index contributed by atoms with van der Waals surface area (Å²) in [6.45, 7) is 3.27. The fourth-order valence-corrected chi connectivity index (χ4v) is 1.85. The van der Waals surface area contributed by atoms with Crippen molar-refractivity contribution in [3.8, 4) is 12.3 Å². The summed E-state index contributed by atoms with van der Waals surface area (Å²) in [5, 5.41) is 10.5. The Bertz CT molecular complexity index is 364. The molecule has 0 unspecified atom stereocenters. The molecule has 0 bridgehead atoms. The highest BCUT2D eigenvalue weighted by molar-refractivity contribution is 7.12. The van der Waals surface area contributed by atoms with Crippen molar-refractivity contribution in [2.45, 2.75) is 6.92 Å². The van der Waals surface area contributed by atoms with E-state index in [4.69, 9.17) is 11.5 Å². The lowest BCUT2D eigenvalue weighted by Gasteiger charge is -2.17. The molecular formula is C10H11NO2S. The van der Waals surface area contributed by atoms with Gasteiger partial charge < -0.3 is 10.0 Å². The minimum absolute atomic E-state index is 0.343. The van der Waals surface area contributed by atoms with E-state index < -0.39 is 5.97 Å². The molecule has 14 heavy (non-hydrogen) atoms. The number of rotatable bonds is 4. The van der Waals surface area contributed by atoms with Gasteiger partial charge in [-0.2, -0.15) is 0 Å². The summed E-state index contributed by atoms with van der Waals surface area (Å²) in [6.07, 6.45) is 5.20. The van der Waals surface area contributed by atoms with Crippen molar-refractivity contribution in [2.75, 3.05) is 18.0 Å². The first-order valence-corrected chi connectivity index (χ1v) is 5.07. The molecule has 0 aliphatic carbocycles. The molecule has 0 saturated heterocycles. The highest BCUT2D eigenvalue weighted by atomic mass is 32.1. The molecule has 1 aromatic heterocycles. The van der Waals surface area contributed by atoms with Gasteiger partial charge in [0.25, 0.3) is 0 Å². The topological polar surface area (TPSA) is 40.5 Å². The maximum Gasteiger partial charge on any atom is 0.345 e. The minimum atomic E-state index is -0.891. The van der Waals surface area contributed by atoms with Crippen molar-refractivity contribution in [2.24, 2.45) is 0 Å². The Morgan fingerprint density at radius 1 is 1.79 bits per heavy atom. The van der Waals surface area contributed by atoms with Gasteiger partial charge in [0.05, 0.1) is 6.54 Å². The molecule has 1 N–H and O–H groups in total. The fraction of sp³-hybridized carbons (Fsp3) is 0.300. The number of carboxylic acids is 1. The van der Waals surface area contributed by atoms with Crippen LogP contribution in [0.3, 0.4) is 0 Å². The van der Waals surface area contributed by atoms with E-state index in [0.717, 1.165) is 12.2 Å². The summed E-state index contributed by atoms with van der Waals surface area (Å²) in [5.74, 6) is 1.65. The van der Waals surface area contributed by atoms with Crippen LogP contribution >= 0.6 is 11.3 Å². The third-order valence-electron chi connectivity index (χ3n) is 1.83. The van der Waals surface area contributed by atoms with Gasteiger partial charge in [-0.25, -0.2) is 4.79 Å². The van der Waals surface area contributed by atoms with Gasteiger partial charge >= 0.3 is 5.97 Å². The number of carbonyl (C=O) groups is 1. The summed E-state index contributed by atoms with van der Waals surface area (Å²) in [7, 11) is 0. The van der Waals surface area contributed by atoms with E-state index in [0.29, 0.717) is 11.4 Å². The SMILES string of the molecule is C#CCN(CC)c1csc(C(=O)O)c1. The second-order valence-electron chi connectivity index (χ2n) is 2.69. The number of hydrogen-bond acceptors (Lipinski definition) is 3. The maximum absolute atomic E-state index is 10.6. The third kappa shape index (κ3) is 2.27. The van der Waals surface area contributed by atoms with Crippen molar-refractivity contribution in [3.05, 3.63) is 16.3 Å². The zero-order valence-electron chi connectivity index (χ0n) is 7.86. The highest BCUT2D eigenvalue weighted by Crippen LogP contribution is 2.22. The van der Waals surface area contributed by atoms with Crippen molar-refractivity contribution >= 4 is 23.0 Å². The van der Waals surface area contributed by atoms with Crippen LogP contribution in [0.4, 0.5) is 5.69 Å². The number of anilines is 1. The predicted molar refractivity (Wildman–Crippen MR) is 58.0 cm³/mol. The maximum atomic E-state index is 10.6. The zero-order chi connectivity index (χ0) is 10.6. The van der Waals surface area contributed by atoms with Gasteiger partial charge in [0.2, 0.25) is 0 Å². The Labute approximate surface area is 87.0 Å². The number of terminal acetylenes is 1. The summed E-state index contributed by atoms with van der Waals surface area (Å²) >= 11 is 1.22. The Balaban J connectivity index is 2.84. The predicted octanol–water partition coefficient (Wildman–Crippen LogP) is 1.91. The van der Waals surface area contributed by atoms with Crippen molar-refractivity contribution < 1.29 is 9.90 Å². The highest BCUT2D eigenvalue weighted by Gasteiger charge is 2.10. The Hall–Kier alpha value is -1.47. The Morgan fingerprint density at radius 3 is 2.93 bits per heavy atom. The fourth-order valence-electron chi connectivity index (χ4n) is 1.10. The summed E-state index contributed by atoms with van der Waals surface area (Å²) in [4.78, 5) is 12.9. The van der Waals surface area contributed by atoms with E-state index in [1.807, 2.05) is 17.2 Å². The van der Waals surface area contributed by atoms with Crippen LogP contribution in [0.5, 0.6) is 0 Å². The lowest BCUT2D eigenvalue weighted by atomic mass is 10.3. The molecule has 1 rings (SSSR count). The van der Waals surface area contributed by atoms with Crippen LogP contribution < -0.4 is 4.90 Å². The Morgan fingerprint density at radius 2 is 2.50 bits per heavy atom. The van der Waals surface area contributed by atoms with Crippen LogP contribution in [-0.4, -0.2) is 24.2 Å². The van der Waals surface area contributed by atoms with Gasteiger partial charge in [0.1, 0.15) is 4.88 Å². The second-order valence-corrected chi connectivity index (χ2v) is 3.60. The first-order valence-electron chi connectivity index (χ1n) is 4.19. The number of aromatic carboxylic acids is 1. The van der Waals surface area contributed by atoms with E-state index >= 15 is 0 Å². The zero-order valence-corrected chi connectivity index (χ0v) is 8.67. The van der Waals surface area contributed by atoms with E-state index in [1.54, 1.807) is 6.07 Å². The van der Waals surface area contributed by atoms with Gasteiger partial charge in [-0.1, -0.05) is 5.92 Å². The molecule has 0 aliphatic rings. The summed E-state index contributed by atoms with van der Waals surface area (Å²) in [5.41, 5.74) is 0.882. The first kappa shape index (κ1) is 10.6. The van der Waals surface area contributed by atoms with E-state index in [9.17, 15) is 4.79 Å². The molecule has 0 amide bonds. The molecule has 1 heterocycles. The van der Waals surface area contributed by atoms with Crippen LogP contribution in [0.2, 0.25) is 0 Å². The van der Waals surface area contributed by atoms with Crippen molar-refractivity contribution in [1.29, 1.82) is 0 Å². The lowest BCUT2D eigenvalue weighted by molar-refractivity contribution is 0.0702. The average molecular weight is 209 g/mol. The number of thiophene rings is 1. The molecule has 3 nitrogen and oxygen atoms in total. The third-order valence-corrected chi connectivity index (χ3v) is 2.73. The summed E-state index contributed by atoms with van der Waals surface area (Å²) < 4.78 is 0. The molecule has 0 atom stereocenters. The minimum Gasteiger partial charge on any atom is -0.477 e. The quantitative estimate of drug-likeness (QED) is 0.770. The molecule has 1 aromatic rings. The largest absolute Gasteiger partial charge is 0.477 e. The molecule has 4 heteroatoms. The van der Waals surface area contributed by atoms with Crippen LogP contribution in [-0.2, 0) is 0 Å². The molecule has 0 fully saturated rings. The average Bonchev–Trinajstić information content (AvgIpc) is 2.63. The van der Waals surface area contributed by atoms with Gasteiger partial charge in [-0.05, 0) is 13.0 Å². The molecule has 0 saturated carbocycles. The molecule has 74 valence electrons. The normalized spacial score (nSPS) is 9.43. The van der Waals surface area contributed by atoms with Crippen LogP contribution in [0.1, 0.15) is 16.6 Å². The number of hydrogen-bond donors (Lipinski definition) is 1. The van der Waals surface area contributed by atoms with Crippen LogP contribution in [0.15, 0.2) is 11.4 Å². The van der Waals surface area contributed by atoms with E-state index in [2.05, 4.69) is 5.92 Å². The second kappa shape index (κ2) is 4.68. The molecule has 0 aromatic carbocycles. The van der Waals surface area contributed by atoms with Gasteiger partial charge in [-0.15, -0.1) is 17.8 Å². The summed E-state index contributed by atoms with van der Waals surface area (Å²) in [6, 6.07) is 1.65. The molecular weight excluding hydrogens is 198 g/mol. The van der Waals surface area contributed by atoms with Crippen LogP contribution in [0, 0.1) is 12.3 Å². The van der Waals surface area contributed by atoms with Crippen LogP contribution in [0.25, 0.3) is 0 Å². The van der Waals surface area contributed by atoms with E-state index in [1.165, 1.54) is 11.3 Å². The lowest BCUT2D eigenvalue weighted by Crippen LogP contribution is -2.22.